The van der Waals surface area contributed by atoms with Gasteiger partial charge in [0, 0.05) is 19.0 Å². The normalized spacial score (nSPS) is 27.5. The van der Waals surface area contributed by atoms with Gasteiger partial charge in [-0.05, 0) is 20.8 Å². The van der Waals surface area contributed by atoms with Gasteiger partial charge in [0.15, 0.2) is 0 Å². The molecule has 0 saturated carbocycles. The molecule has 1 aliphatic rings. The summed E-state index contributed by atoms with van der Waals surface area (Å²) in [7, 11) is 0. The molecule has 0 bridgehead atoms. The molecule has 1 heterocycles. The second kappa shape index (κ2) is 3.36. The summed E-state index contributed by atoms with van der Waals surface area (Å²) in [6.07, 6.45) is 0.297. The van der Waals surface area contributed by atoms with Gasteiger partial charge < -0.3 is 10.6 Å². The van der Waals surface area contributed by atoms with Gasteiger partial charge in [-0.3, -0.25) is 9.59 Å². The summed E-state index contributed by atoms with van der Waals surface area (Å²) in [4.78, 5) is 22.6. The third-order valence-corrected chi connectivity index (χ3v) is 2.19. The molecule has 1 fully saturated rings. The SMILES string of the molecule is CC(C)NC(=O)C1(C)CNC(=O)C1. The van der Waals surface area contributed by atoms with E-state index < -0.39 is 5.41 Å². The highest BCUT2D eigenvalue weighted by atomic mass is 16.2. The highest BCUT2D eigenvalue weighted by Crippen LogP contribution is 2.25. The first kappa shape index (κ1) is 10.0. The highest BCUT2D eigenvalue weighted by molar-refractivity contribution is 5.92. The zero-order valence-electron chi connectivity index (χ0n) is 8.31. The van der Waals surface area contributed by atoms with Crippen LogP contribution in [-0.4, -0.2) is 24.4 Å². The van der Waals surface area contributed by atoms with E-state index in [0.717, 1.165) is 0 Å². The molecule has 0 spiro atoms. The van der Waals surface area contributed by atoms with E-state index in [4.69, 9.17) is 0 Å². The fraction of sp³-hybridized carbons (Fsp3) is 0.778. The second-order valence-electron chi connectivity index (χ2n) is 4.14. The summed E-state index contributed by atoms with van der Waals surface area (Å²) in [5.74, 6) is -0.0812. The molecule has 0 aliphatic carbocycles. The van der Waals surface area contributed by atoms with Gasteiger partial charge in [-0.1, -0.05) is 0 Å². The van der Waals surface area contributed by atoms with Gasteiger partial charge in [0.25, 0.3) is 0 Å². The fourth-order valence-electron chi connectivity index (χ4n) is 1.37. The largest absolute Gasteiger partial charge is 0.355 e. The van der Waals surface area contributed by atoms with E-state index in [9.17, 15) is 9.59 Å². The first-order valence-electron chi connectivity index (χ1n) is 4.52. The van der Waals surface area contributed by atoms with Gasteiger partial charge >= 0.3 is 0 Å². The summed E-state index contributed by atoms with van der Waals surface area (Å²) >= 11 is 0. The van der Waals surface area contributed by atoms with Crippen LogP contribution < -0.4 is 10.6 Å². The third-order valence-electron chi connectivity index (χ3n) is 2.19. The van der Waals surface area contributed by atoms with Crippen molar-refractivity contribution < 1.29 is 9.59 Å². The molecule has 1 unspecified atom stereocenters. The molecule has 1 saturated heterocycles. The van der Waals surface area contributed by atoms with Crippen LogP contribution in [-0.2, 0) is 9.59 Å². The van der Waals surface area contributed by atoms with E-state index in [1.165, 1.54) is 0 Å². The quantitative estimate of drug-likeness (QED) is 0.636. The molecule has 4 nitrogen and oxygen atoms in total. The topological polar surface area (TPSA) is 58.2 Å². The Balaban J connectivity index is 2.60. The maximum absolute atomic E-state index is 11.6. The summed E-state index contributed by atoms with van der Waals surface area (Å²) < 4.78 is 0. The smallest absolute Gasteiger partial charge is 0.228 e. The molecule has 2 amide bonds. The molecule has 4 heteroatoms. The van der Waals surface area contributed by atoms with Crippen LogP contribution in [0.15, 0.2) is 0 Å². The lowest BCUT2D eigenvalue weighted by atomic mass is 9.88. The zero-order chi connectivity index (χ0) is 10.1. The van der Waals surface area contributed by atoms with E-state index >= 15 is 0 Å². The molecule has 74 valence electrons. The van der Waals surface area contributed by atoms with E-state index in [2.05, 4.69) is 10.6 Å². The Labute approximate surface area is 78.1 Å². The Morgan fingerprint density at radius 2 is 2.23 bits per heavy atom. The Kier molecular flexibility index (Phi) is 2.59. The minimum absolute atomic E-state index is 0.0404. The Morgan fingerprint density at radius 3 is 2.62 bits per heavy atom. The number of rotatable bonds is 2. The molecule has 0 radical (unpaired) electrons. The van der Waals surface area contributed by atoms with E-state index in [-0.39, 0.29) is 17.9 Å². The molecule has 1 rings (SSSR count). The predicted molar refractivity (Wildman–Crippen MR) is 49.0 cm³/mol. The van der Waals surface area contributed by atoms with Gasteiger partial charge in [0.05, 0.1) is 5.41 Å². The number of carbonyl (C=O) groups is 2. The molecule has 1 atom stereocenters. The molecular formula is C9H16N2O2. The van der Waals surface area contributed by atoms with Crippen molar-refractivity contribution >= 4 is 11.8 Å². The zero-order valence-corrected chi connectivity index (χ0v) is 8.31. The number of hydrogen-bond acceptors (Lipinski definition) is 2. The molecule has 0 aromatic heterocycles. The molecule has 0 aromatic carbocycles. The maximum Gasteiger partial charge on any atom is 0.228 e. The summed E-state index contributed by atoms with van der Waals surface area (Å²) in [6, 6.07) is 0.125. The van der Waals surface area contributed by atoms with Crippen LogP contribution in [0.4, 0.5) is 0 Å². The van der Waals surface area contributed by atoms with Crippen LogP contribution in [0.3, 0.4) is 0 Å². The van der Waals surface area contributed by atoms with Crippen molar-refractivity contribution in [2.75, 3.05) is 6.54 Å². The van der Waals surface area contributed by atoms with Crippen LogP contribution in [0, 0.1) is 5.41 Å². The second-order valence-corrected chi connectivity index (χ2v) is 4.14. The number of nitrogens with one attached hydrogen (secondary N) is 2. The first-order chi connectivity index (χ1) is 5.94. The van der Waals surface area contributed by atoms with Crippen LogP contribution in [0.5, 0.6) is 0 Å². The Morgan fingerprint density at radius 1 is 1.62 bits per heavy atom. The fourth-order valence-corrected chi connectivity index (χ4v) is 1.37. The lowest BCUT2D eigenvalue weighted by Crippen LogP contribution is -2.43. The van der Waals surface area contributed by atoms with E-state index in [1.54, 1.807) is 0 Å². The van der Waals surface area contributed by atoms with Crippen molar-refractivity contribution in [3.05, 3.63) is 0 Å². The van der Waals surface area contributed by atoms with Gasteiger partial charge in [-0.2, -0.15) is 0 Å². The predicted octanol–water partition coefficient (Wildman–Crippen LogP) is 0.0372. The summed E-state index contributed by atoms with van der Waals surface area (Å²) in [6.45, 7) is 6.07. The van der Waals surface area contributed by atoms with Crippen molar-refractivity contribution in [2.45, 2.75) is 33.2 Å². The molecule has 0 aromatic rings. The van der Waals surface area contributed by atoms with Crippen molar-refractivity contribution in [3.8, 4) is 0 Å². The summed E-state index contributed by atoms with van der Waals surface area (Å²) in [5, 5.41) is 5.48. The van der Waals surface area contributed by atoms with Gasteiger partial charge in [0.1, 0.15) is 0 Å². The lowest BCUT2D eigenvalue weighted by molar-refractivity contribution is -0.131. The minimum atomic E-state index is -0.554. The summed E-state index contributed by atoms with van der Waals surface area (Å²) in [5.41, 5.74) is -0.554. The average Bonchev–Trinajstić information content (AvgIpc) is 2.31. The van der Waals surface area contributed by atoms with Gasteiger partial charge in [-0.15, -0.1) is 0 Å². The molecule has 2 N–H and O–H groups in total. The standard InChI is InChI=1S/C9H16N2O2/c1-6(2)11-8(13)9(3)4-7(12)10-5-9/h6H,4-5H2,1-3H3,(H,10,12)(H,11,13). The monoisotopic (exact) mass is 184 g/mol. The van der Waals surface area contributed by atoms with Crippen molar-refractivity contribution in [3.63, 3.8) is 0 Å². The van der Waals surface area contributed by atoms with Crippen LogP contribution in [0.1, 0.15) is 27.2 Å². The third kappa shape index (κ3) is 2.20. The van der Waals surface area contributed by atoms with E-state index in [0.29, 0.717) is 13.0 Å². The van der Waals surface area contributed by atoms with Crippen LogP contribution in [0.25, 0.3) is 0 Å². The van der Waals surface area contributed by atoms with Crippen molar-refractivity contribution in [1.82, 2.24) is 10.6 Å². The lowest BCUT2D eigenvalue weighted by Gasteiger charge is -2.21. The maximum atomic E-state index is 11.6. The van der Waals surface area contributed by atoms with Crippen molar-refractivity contribution in [2.24, 2.45) is 5.41 Å². The number of carbonyl (C=O) groups excluding carboxylic acids is 2. The van der Waals surface area contributed by atoms with Gasteiger partial charge in [0.2, 0.25) is 11.8 Å². The van der Waals surface area contributed by atoms with Crippen molar-refractivity contribution in [1.29, 1.82) is 0 Å². The highest BCUT2D eigenvalue weighted by Gasteiger charge is 2.40. The average molecular weight is 184 g/mol. The Hall–Kier alpha value is -1.06. The molecule has 1 aliphatic heterocycles. The van der Waals surface area contributed by atoms with Crippen LogP contribution in [0.2, 0.25) is 0 Å². The number of amides is 2. The minimum Gasteiger partial charge on any atom is -0.355 e. The van der Waals surface area contributed by atoms with E-state index in [1.807, 2.05) is 20.8 Å². The first-order valence-corrected chi connectivity index (χ1v) is 4.52. The molecular weight excluding hydrogens is 168 g/mol. The Bertz CT molecular complexity index is 238. The van der Waals surface area contributed by atoms with Gasteiger partial charge in [-0.25, -0.2) is 0 Å². The van der Waals surface area contributed by atoms with Crippen LogP contribution >= 0.6 is 0 Å². The molecule has 13 heavy (non-hydrogen) atoms. The number of hydrogen-bond donors (Lipinski definition) is 2.